The van der Waals surface area contributed by atoms with Crippen molar-refractivity contribution in [2.24, 2.45) is 0 Å². The van der Waals surface area contributed by atoms with Crippen LogP contribution >= 0.6 is 0 Å². The number of hydrogen-bond acceptors (Lipinski definition) is 6. The Balaban J connectivity index is 2.85. The van der Waals surface area contributed by atoms with Gasteiger partial charge in [-0.15, -0.1) is 0 Å². The number of fused-ring (bicyclic) bond motifs is 1. The molecule has 0 amide bonds. The summed E-state index contributed by atoms with van der Waals surface area (Å²) in [6.45, 7) is 0. The van der Waals surface area contributed by atoms with Crippen molar-refractivity contribution in [1.29, 1.82) is 0 Å². The molecule has 0 bridgehead atoms. The van der Waals surface area contributed by atoms with Gasteiger partial charge in [0, 0.05) is 0 Å². The zero-order chi connectivity index (χ0) is 15.6. The van der Waals surface area contributed by atoms with Crippen LogP contribution in [0, 0.1) is 0 Å². The molecule has 0 unspecified atom stereocenters. The quantitative estimate of drug-likeness (QED) is 0.626. The van der Waals surface area contributed by atoms with Crippen LogP contribution in [0.3, 0.4) is 0 Å². The molecule has 0 spiro atoms. The summed E-state index contributed by atoms with van der Waals surface area (Å²) < 4.78 is 15.3. The molecule has 110 valence electrons. The highest BCUT2D eigenvalue weighted by atomic mass is 16.5. The van der Waals surface area contributed by atoms with E-state index in [1.165, 1.54) is 37.9 Å². The lowest BCUT2D eigenvalue weighted by atomic mass is 10.2. The molecule has 2 aromatic rings. The molecule has 0 saturated heterocycles. The minimum atomic E-state index is -0.684. The second-order valence-corrected chi connectivity index (χ2v) is 4.05. The lowest BCUT2D eigenvalue weighted by molar-refractivity contribution is 0.0579. The van der Waals surface area contributed by atoms with Crippen LogP contribution < -0.4 is 0 Å². The standard InChI is InChI=1S/C14H13NO6/c1-19-12(16)8-7-11(14(18)21-3)15-9(8)5-4-6-10(15)13(17)20-2/h4-7H,1-3H3. The third-order valence-electron chi connectivity index (χ3n) is 2.98. The Morgan fingerprint density at radius 3 is 2.00 bits per heavy atom. The van der Waals surface area contributed by atoms with Crippen molar-refractivity contribution in [2.75, 3.05) is 21.3 Å². The van der Waals surface area contributed by atoms with Crippen LogP contribution in [0.25, 0.3) is 5.52 Å². The summed E-state index contributed by atoms with van der Waals surface area (Å²) in [6.07, 6.45) is 0. The highest BCUT2D eigenvalue weighted by molar-refractivity contribution is 6.03. The zero-order valence-electron chi connectivity index (χ0n) is 11.7. The number of rotatable bonds is 3. The third kappa shape index (κ3) is 2.33. The smallest absolute Gasteiger partial charge is 0.355 e. The summed E-state index contributed by atoms with van der Waals surface area (Å²) in [4.78, 5) is 35.5. The van der Waals surface area contributed by atoms with Crippen molar-refractivity contribution in [1.82, 2.24) is 4.40 Å². The van der Waals surface area contributed by atoms with Gasteiger partial charge < -0.3 is 14.2 Å². The van der Waals surface area contributed by atoms with Crippen molar-refractivity contribution in [3.8, 4) is 0 Å². The fraction of sp³-hybridized carbons (Fsp3) is 0.214. The van der Waals surface area contributed by atoms with Crippen LogP contribution in [-0.4, -0.2) is 43.6 Å². The SMILES string of the molecule is COC(=O)c1cc(C(=O)OC)n2c(C(=O)OC)cccc12. The third-order valence-corrected chi connectivity index (χ3v) is 2.98. The Kier molecular flexibility index (Phi) is 3.93. The summed E-state index contributed by atoms with van der Waals surface area (Å²) in [5.41, 5.74) is 0.647. The Bertz CT molecular complexity index is 730. The molecule has 0 aromatic carbocycles. The van der Waals surface area contributed by atoms with E-state index < -0.39 is 17.9 Å². The number of carbonyl (C=O) groups excluding carboxylic acids is 3. The van der Waals surface area contributed by atoms with Gasteiger partial charge in [-0.3, -0.25) is 4.40 Å². The number of ether oxygens (including phenoxy) is 3. The van der Waals surface area contributed by atoms with E-state index in [4.69, 9.17) is 0 Å². The van der Waals surface area contributed by atoms with Crippen molar-refractivity contribution < 1.29 is 28.6 Å². The average Bonchev–Trinajstić information content (AvgIpc) is 2.92. The van der Waals surface area contributed by atoms with Crippen molar-refractivity contribution in [3.63, 3.8) is 0 Å². The molecule has 0 fully saturated rings. The van der Waals surface area contributed by atoms with E-state index in [1.807, 2.05) is 0 Å². The molecular weight excluding hydrogens is 278 g/mol. The Hall–Kier alpha value is -2.83. The first-order valence-corrected chi connectivity index (χ1v) is 5.94. The van der Waals surface area contributed by atoms with Crippen LogP contribution in [0.1, 0.15) is 31.3 Å². The molecule has 0 saturated carbocycles. The van der Waals surface area contributed by atoms with Gasteiger partial charge in [0.2, 0.25) is 0 Å². The molecule has 7 nitrogen and oxygen atoms in total. The number of esters is 3. The molecular formula is C14H13NO6. The van der Waals surface area contributed by atoms with Gasteiger partial charge in [0.1, 0.15) is 11.4 Å². The van der Waals surface area contributed by atoms with Gasteiger partial charge in [-0.25, -0.2) is 14.4 Å². The lowest BCUT2D eigenvalue weighted by Gasteiger charge is -2.07. The van der Waals surface area contributed by atoms with Crippen molar-refractivity contribution in [2.45, 2.75) is 0 Å². The second kappa shape index (κ2) is 5.66. The fourth-order valence-corrected chi connectivity index (χ4v) is 2.05. The largest absolute Gasteiger partial charge is 0.465 e. The maximum atomic E-state index is 11.9. The zero-order valence-corrected chi connectivity index (χ0v) is 11.7. The van der Waals surface area contributed by atoms with Crippen molar-refractivity contribution >= 4 is 23.4 Å². The number of pyridine rings is 1. The second-order valence-electron chi connectivity index (χ2n) is 4.05. The number of hydrogen-bond donors (Lipinski definition) is 0. The van der Waals surface area contributed by atoms with Crippen molar-refractivity contribution in [3.05, 3.63) is 41.2 Å². The van der Waals surface area contributed by atoms with Crippen LogP contribution in [0.4, 0.5) is 0 Å². The first kappa shape index (κ1) is 14.6. The van der Waals surface area contributed by atoms with Gasteiger partial charge in [-0.05, 0) is 18.2 Å². The summed E-state index contributed by atoms with van der Waals surface area (Å²) in [6, 6.07) is 5.96. The first-order chi connectivity index (χ1) is 10.0. The van der Waals surface area contributed by atoms with E-state index >= 15 is 0 Å². The Labute approximate surface area is 120 Å². The number of nitrogens with zero attached hydrogens (tertiary/aromatic N) is 1. The van der Waals surface area contributed by atoms with E-state index in [-0.39, 0.29) is 17.0 Å². The lowest BCUT2D eigenvalue weighted by Crippen LogP contribution is -2.13. The summed E-state index contributed by atoms with van der Waals surface area (Å²) in [7, 11) is 3.66. The number of carbonyl (C=O) groups is 3. The first-order valence-electron chi connectivity index (χ1n) is 5.94. The van der Waals surface area contributed by atoms with Gasteiger partial charge in [0.25, 0.3) is 0 Å². The molecule has 0 aliphatic carbocycles. The van der Waals surface area contributed by atoms with E-state index in [0.717, 1.165) is 0 Å². The van der Waals surface area contributed by atoms with Crippen LogP contribution in [0.2, 0.25) is 0 Å². The normalized spacial score (nSPS) is 10.2. The number of aromatic nitrogens is 1. The maximum absolute atomic E-state index is 11.9. The van der Waals surface area contributed by atoms with E-state index in [2.05, 4.69) is 14.2 Å². The Morgan fingerprint density at radius 1 is 0.857 bits per heavy atom. The minimum absolute atomic E-state index is 0.0360. The fourth-order valence-electron chi connectivity index (χ4n) is 2.05. The molecule has 0 N–H and O–H groups in total. The van der Waals surface area contributed by atoms with E-state index in [0.29, 0.717) is 5.52 Å². The molecule has 0 atom stereocenters. The number of methoxy groups -OCH3 is 3. The van der Waals surface area contributed by atoms with E-state index in [1.54, 1.807) is 12.1 Å². The molecule has 0 radical (unpaired) electrons. The highest BCUT2D eigenvalue weighted by Gasteiger charge is 2.24. The van der Waals surface area contributed by atoms with Gasteiger partial charge in [-0.1, -0.05) is 6.07 Å². The topological polar surface area (TPSA) is 83.3 Å². The molecule has 7 heteroatoms. The van der Waals surface area contributed by atoms with Crippen LogP contribution in [0.15, 0.2) is 24.3 Å². The molecule has 21 heavy (non-hydrogen) atoms. The Morgan fingerprint density at radius 2 is 1.43 bits per heavy atom. The average molecular weight is 291 g/mol. The summed E-state index contributed by atoms with van der Waals surface area (Å²) >= 11 is 0. The monoisotopic (exact) mass is 291 g/mol. The summed E-state index contributed by atoms with van der Waals surface area (Å²) in [5.74, 6) is -1.95. The van der Waals surface area contributed by atoms with Gasteiger partial charge >= 0.3 is 17.9 Å². The molecule has 2 rings (SSSR count). The van der Waals surface area contributed by atoms with Gasteiger partial charge in [0.15, 0.2) is 0 Å². The molecule has 2 aromatic heterocycles. The predicted molar refractivity (Wildman–Crippen MR) is 71.4 cm³/mol. The molecule has 0 aliphatic heterocycles. The molecule has 2 heterocycles. The minimum Gasteiger partial charge on any atom is -0.465 e. The maximum Gasteiger partial charge on any atom is 0.355 e. The highest BCUT2D eigenvalue weighted by Crippen LogP contribution is 2.21. The molecule has 0 aliphatic rings. The van der Waals surface area contributed by atoms with Gasteiger partial charge in [-0.2, -0.15) is 0 Å². The van der Waals surface area contributed by atoms with Crippen LogP contribution in [0.5, 0.6) is 0 Å². The van der Waals surface area contributed by atoms with Crippen LogP contribution in [-0.2, 0) is 14.2 Å². The predicted octanol–water partition coefficient (Wildman–Crippen LogP) is 1.30. The summed E-state index contributed by atoms with van der Waals surface area (Å²) in [5, 5.41) is 0. The van der Waals surface area contributed by atoms with E-state index in [9.17, 15) is 14.4 Å². The van der Waals surface area contributed by atoms with Gasteiger partial charge in [0.05, 0.1) is 32.4 Å².